The maximum atomic E-state index is 12.5. The Bertz CT molecular complexity index is 1380. The minimum absolute atomic E-state index is 0.0647. The number of hydrogen-bond acceptors (Lipinski definition) is 10. The van der Waals surface area contributed by atoms with Gasteiger partial charge in [0.1, 0.15) is 11.7 Å². The summed E-state index contributed by atoms with van der Waals surface area (Å²) >= 11 is 1.47. The van der Waals surface area contributed by atoms with Crippen molar-refractivity contribution in [2.45, 2.75) is 81.3 Å². The third-order valence-electron chi connectivity index (χ3n) is 6.42. The molecule has 0 unspecified atom stereocenters. The van der Waals surface area contributed by atoms with Gasteiger partial charge in [0.2, 0.25) is 11.8 Å². The van der Waals surface area contributed by atoms with Crippen LogP contribution >= 0.6 is 11.5 Å². The lowest BCUT2D eigenvalue weighted by atomic mass is 10.0. The Kier molecular flexibility index (Phi) is 7.28. The molecule has 2 saturated carbocycles. The van der Waals surface area contributed by atoms with Crippen LogP contribution in [0.5, 0.6) is 5.88 Å². The predicted octanol–water partition coefficient (Wildman–Crippen LogP) is 5.48. The van der Waals surface area contributed by atoms with E-state index in [1.165, 1.54) is 42.1 Å². The van der Waals surface area contributed by atoms with Crippen LogP contribution in [-0.4, -0.2) is 40.6 Å². The zero-order chi connectivity index (χ0) is 26.9. The lowest BCUT2D eigenvalue weighted by molar-refractivity contribution is 0.0570. The highest BCUT2D eigenvalue weighted by atomic mass is 32.2. The van der Waals surface area contributed by atoms with Crippen molar-refractivity contribution >= 4 is 39.3 Å². The highest BCUT2D eigenvalue weighted by molar-refractivity contribution is 7.90. The summed E-state index contributed by atoms with van der Waals surface area (Å²) in [4.78, 5) is 20.7. The molecule has 2 fully saturated rings. The first-order chi connectivity index (χ1) is 18.1. The van der Waals surface area contributed by atoms with E-state index in [4.69, 9.17) is 9.47 Å². The number of carbonyl (C=O) groups is 1. The van der Waals surface area contributed by atoms with Crippen LogP contribution < -0.4 is 14.8 Å². The minimum Gasteiger partial charge on any atom is -0.474 e. The summed E-state index contributed by atoms with van der Waals surface area (Å²) in [6.45, 7) is 4.96. The van der Waals surface area contributed by atoms with Crippen molar-refractivity contribution in [1.82, 2.24) is 19.1 Å². The first-order valence-corrected chi connectivity index (χ1v) is 14.9. The third-order valence-corrected chi connectivity index (χ3v) is 8.38. The van der Waals surface area contributed by atoms with Gasteiger partial charge in [0.15, 0.2) is 0 Å². The van der Waals surface area contributed by atoms with Gasteiger partial charge in [-0.15, -0.1) is 0 Å². The van der Waals surface area contributed by atoms with Gasteiger partial charge in [0.05, 0.1) is 4.90 Å². The van der Waals surface area contributed by atoms with Crippen molar-refractivity contribution in [3.8, 4) is 5.88 Å². The van der Waals surface area contributed by atoms with Crippen LogP contribution in [0.3, 0.4) is 0 Å². The van der Waals surface area contributed by atoms with E-state index >= 15 is 0 Å². The number of nitrogens with zero attached hydrogens (tertiary/aromatic N) is 3. The van der Waals surface area contributed by atoms with Crippen LogP contribution in [0, 0.1) is 0 Å². The van der Waals surface area contributed by atoms with Crippen LogP contribution in [0.25, 0.3) is 0 Å². The van der Waals surface area contributed by atoms with Gasteiger partial charge in [-0.3, -0.25) is 0 Å². The quantitative estimate of drug-likeness (QED) is 0.369. The van der Waals surface area contributed by atoms with Crippen molar-refractivity contribution in [2.24, 2.45) is 0 Å². The van der Waals surface area contributed by atoms with Gasteiger partial charge in [0.25, 0.3) is 10.0 Å². The molecule has 10 nitrogen and oxygen atoms in total. The molecule has 0 radical (unpaired) electrons. The van der Waals surface area contributed by atoms with Gasteiger partial charge in [0, 0.05) is 29.0 Å². The van der Waals surface area contributed by atoms with Crippen LogP contribution in [0.2, 0.25) is 0 Å². The summed E-state index contributed by atoms with van der Waals surface area (Å²) in [5, 5.41) is 5.19. The number of anilines is 2. The molecule has 0 aliphatic heterocycles. The van der Waals surface area contributed by atoms with Gasteiger partial charge in [-0.1, -0.05) is 0 Å². The molecule has 2 N–H and O–H groups in total. The molecule has 12 heteroatoms. The monoisotopic (exact) mass is 557 g/mol. The summed E-state index contributed by atoms with van der Waals surface area (Å²) in [5.41, 5.74) is 2.13. The molecule has 202 valence electrons. The summed E-state index contributed by atoms with van der Waals surface area (Å²) in [6, 6.07) is 5.93. The molecule has 0 saturated heterocycles. The molecular formula is C26H31N5O5S2. The van der Waals surface area contributed by atoms with E-state index in [9.17, 15) is 13.2 Å². The summed E-state index contributed by atoms with van der Waals surface area (Å²) in [7, 11) is -4.06. The molecule has 2 atom stereocenters. The lowest BCUT2D eigenvalue weighted by Crippen LogP contribution is -2.36. The largest absolute Gasteiger partial charge is 0.474 e. The Labute approximate surface area is 226 Å². The molecule has 38 heavy (non-hydrogen) atoms. The van der Waals surface area contributed by atoms with Gasteiger partial charge >= 0.3 is 6.09 Å². The number of hydrogen-bond donors (Lipinski definition) is 2. The first kappa shape index (κ1) is 26.4. The fourth-order valence-electron chi connectivity index (χ4n) is 4.42. The lowest BCUT2D eigenvalue weighted by Gasteiger charge is -2.19. The maximum absolute atomic E-state index is 12.5. The molecule has 2 heterocycles. The normalized spacial score (nSPS) is 19.7. The van der Waals surface area contributed by atoms with Crippen molar-refractivity contribution in [3.63, 3.8) is 0 Å². The van der Waals surface area contributed by atoms with Gasteiger partial charge in [-0.05, 0) is 106 Å². The SMILES string of the molecule is CC(C)(C)OC(=O)NS(=O)(=O)c1ccc(Nc2ncc([C@H]3CC[C@@H](Oc4nscc4C4CC4)C3)cn2)cc1. The Hall–Kier alpha value is -3.25. The number of nitrogens with one attached hydrogen (secondary N) is 2. The number of benzene rings is 1. The first-order valence-electron chi connectivity index (χ1n) is 12.6. The van der Waals surface area contributed by atoms with E-state index in [0.717, 1.165) is 30.7 Å². The molecule has 2 aliphatic carbocycles. The van der Waals surface area contributed by atoms with Crippen molar-refractivity contribution in [3.05, 3.63) is 53.2 Å². The second kappa shape index (κ2) is 10.5. The Morgan fingerprint density at radius 1 is 1.03 bits per heavy atom. The van der Waals surface area contributed by atoms with E-state index in [2.05, 4.69) is 25.0 Å². The highest BCUT2D eigenvalue weighted by Crippen LogP contribution is 2.46. The topological polar surface area (TPSA) is 132 Å². The van der Waals surface area contributed by atoms with Crippen molar-refractivity contribution in [2.75, 3.05) is 5.32 Å². The number of rotatable bonds is 8. The fraction of sp³-hybridized carbons (Fsp3) is 0.462. The Morgan fingerprint density at radius 3 is 2.37 bits per heavy atom. The molecular weight excluding hydrogens is 526 g/mol. The fourth-order valence-corrected chi connectivity index (χ4v) is 6.00. The molecule has 3 aromatic rings. The number of amides is 1. The third kappa shape index (κ3) is 6.60. The molecule has 0 spiro atoms. The zero-order valence-corrected chi connectivity index (χ0v) is 23.1. The van der Waals surface area contributed by atoms with Gasteiger partial charge < -0.3 is 14.8 Å². The van der Waals surface area contributed by atoms with E-state index in [-0.39, 0.29) is 11.0 Å². The van der Waals surface area contributed by atoms with E-state index in [1.54, 1.807) is 32.9 Å². The predicted molar refractivity (Wildman–Crippen MR) is 143 cm³/mol. The molecule has 2 aliphatic rings. The van der Waals surface area contributed by atoms with E-state index in [1.807, 2.05) is 17.1 Å². The second-order valence-electron chi connectivity index (χ2n) is 10.7. The number of sulfonamides is 1. The second-order valence-corrected chi connectivity index (χ2v) is 13.0. The standard InChI is InChI=1S/C26H31N5O5S2/c1-26(2,3)36-25(32)31-38(33,34)21-10-7-19(8-11-21)29-24-27-13-18(14-28-24)17-6-9-20(12-17)35-23-22(15-37-30-23)16-4-5-16/h7-8,10-11,13-17,20H,4-6,9,12H2,1-3H3,(H,31,32)(H,27,28,29)/t17-,20+/m0/s1. The van der Waals surface area contributed by atoms with E-state index < -0.39 is 21.7 Å². The Morgan fingerprint density at radius 2 is 1.71 bits per heavy atom. The average molecular weight is 558 g/mol. The maximum Gasteiger partial charge on any atom is 0.421 e. The number of aromatic nitrogens is 3. The minimum atomic E-state index is -4.06. The van der Waals surface area contributed by atoms with Gasteiger partial charge in [-0.2, -0.15) is 4.37 Å². The molecule has 1 aromatic carbocycles. The smallest absolute Gasteiger partial charge is 0.421 e. The molecule has 5 rings (SSSR count). The highest BCUT2D eigenvalue weighted by Gasteiger charge is 2.32. The van der Waals surface area contributed by atoms with Crippen LogP contribution in [0.15, 0.2) is 46.9 Å². The average Bonchev–Trinajstić information content (AvgIpc) is 3.40. The molecule has 0 bridgehead atoms. The van der Waals surface area contributed by atoms with Crippen LogP contribution in [0.1, 0.15) is 75.8 Å². The van der Waals surface area contributed by atoms with E-state index in [0.29, 0.717) is 23.5 Å². The summed E-state index contributed by atoms with van der Waals surface area (Å²) < 4.78 is 42.6. The summed E-state index contributed by atoms with van der Waals surface area (Å²) in [6.07, 6.45) is 8.13. The van der Waals surface area contributed by atoms with Crippen molar-refractivity contribution in [1.29, 1.82) is 0 Å². The number of carbonyl (C=O) groups excluding carboxylic acids is 1. The number of ether oxygens (including phenoxy) is 2. The van der Waals surface area contributed by atoms with Gasteiger partial charge in [-0.25, -0.2) is 27.9 Å². The van der Waals surface area contributed by atoms with Crippen molar-refractivity contribution < 1.29 is 22.7 Å². The zero-order valence-electron chi connectivity index (χ0n) is 21.5. The molecule has 1 amide bonds. The molecule has 2 aromatic heterocycles. The van der Waals surface area contributed by atoms with Crippen LogP contribution in [0.4, 0.5) is 16.4 Å². The summed E-state index contributed by atoms with van der Waals surface area (Å²) in [5.74, 6) is 2.18. The van der Waals surface area contributed by atoms with Crippen LogP contribution in [-0.2, 0) is 14.8 Å². The Balaban J connectivity index is 1.15.